The Morgan fingerprint density at radius 2 is 2.08 bits per heavy atom. The van der Waals surface area contributed by atoms with Gasteiger partial charge in [0.05, 0.1) is 5.41 Å². The molecule has 1 rings (SSSR count). The predicted molar refractivity (Wildman–Crippen MR) is 48.0 cm³/mol. The van der Waals surface area contributed by atoms with Gasteiger partial charge < -0.3 is 5.11 Å². The van der Waals surface area contributed by atoms with Gasteiger partial charge >= 0.3 is 5.97 Å². The van der Waals surface area contributed by atoms with Crippen molar-refractivity contribution in [1.82, 2.24) is 0 Å². The van der Waals surface area contributed by atoms with Crippen molar-refractivity contribution in [3.05, 3.63) is 0 Å². The Bertz CT molecular complexity index is 177. The zero-order valence-corrected chi connectivity index (χ0v) is 7.97. The summed E-state index contributed by atoms with van der Waals surface area (Å²) in [5.74, 6) is -0.283. The molecule has 0 radical (unpaired) electrons. The van der Waals surface area contributed by atoms with E-state index < -0.39 is 11.4 Å². The van der Waals surface area contributed by atoms with Gasteiger partial charge in [0.15, 0.2) is 0 Å². The van der Waals surface area contributed by atoms with Crippen molar-refractivity contribution < 1.29 is 9.90 Å². The molecule has 2 atom stereocenters. The molecule has 1 aliphatic carbocycles. The van der Waals surface area contributed by atoms with E-state index in [-0.39, 0.29) is 0 Å². The Kier molecular flexibility index (Phi) is 2.76. The molecule has 12 heavy (non-hydrogen) atoms. The lowest BCUT2D eigenvalue weighted by atomic mass is 9.75. The van der Waals surface area contributed by atoms with Crippen LogP contribution in [0.1, 0.15) is 46.0 Å². The molecule has 2 unspecified atom stereocenters. The molecular weight excluding hydrogens is 152 g/mol. The molecule has 2 heteroatoms. The Hall–Kier alpha value is -0.530. The Morgan fingerprint density at radius 3 is 2.67 bits per heavy atom. The van der Waals surface area contributed by atoms with E-state index in [0.717, 1.165) is 19.3 Å². The fourth-order valence-electron chi connectivity index (χ4n) is 2.00. The van der Waals surface area contributed by atoms with Crippen LogP contribution in [0.3, 0.4) is 0 Å². The third-order valence-corrected chi connectivity index (χ3v) is 3.41. The van der Waals surface area contributed by atoms with Gasteiger partial charge in [-0.2, -0.15) is 0 Å². The maximum absolute atomic E-state index is 11.0. The fourth-order valence-corrected chi connectivity index (χ4v) is 2.00. The fraction of sp³-hybridized carbons (Fsp3) is 0.900. The van der Waals surface area contributed by atoms with Crippen LogP contribution in [0.25, 0.3) is 0 Å². The summed E-state index contributed by atoms with van der Waals surface area (Å²) in [6.07, 6.45) is 5.40. The number of carbonyl (C=O) groups is 1. The molecule has 2 nitrogen and oxygen atoms in total. The lowest BCUT2D eigenvalue weighted by Crippen LogP contribution is -2.33. The minimum Gasteiger partial charge on any atom is -0.481 e. The highest BCUT2D eigenvalue weighted by atomic mass is 16.4. The summed E-state index contributed by atoms with van der Waals surface area (Å²) in [5.41, 5.74) is -0.462. The molecule has 0 spiro atoms. The molecule has 1 aliphatic rings. The summed E-state index contributed by atoms with van der Waals surface area (Å²) in [6.45, 7) is 3.96. The van der Waals surface area contributed by atoms with E-state index in [2.05, 4.69) is 6.92 Å². The van der Waals surface area contributed by atoms with E-state index in [1.54, 1.807) is 0 Å². The average Bonchev–Trinajstić information content (AvgIpc) is 2.16. The first-order valence-corrected chi connectivity index (χ1v) is 4.81. The van der Waals surface area contributed by atoms with Crippen molar-refractivity contribution in [3.63, 3.8) is 0 Å². The maximum Gasteiger partial charge on any atom is 0.309 e. The molecule has 1 saturated carbocycles. The summed E-state index contributed by atoms with van der Waals surface area (Å²) in [4.78, 5) is 11.0. The maximum atomic E-state index is 11.0. The normalized spacial score (nSPS) is 37.3. The van der Waals surface area contributed by atoms with Crippen LogP contribution in [0, 0.1) is 11.3 Å². The van der Waals surface area contributed by atoms with E-state index >= 15 is 0 Å². The zero-order chi connectivity index (χ0) is 9.19. The predicted octanol–water partition coefficient (Wildman–Crippen LogP) is 2.68. The number of carboxylic acid groups (broad SMARTS) is 1. The Balaban J connectivity index is 2.75. The van der Waals surface area contributed by atoms with Gasteiger partial charge in [-0.3, -0.25) is 4.79 Å². The second-order valence-corrected chi connectivity index (χ2v) is 4.22. The van der Waals surface area contributed by atoms with Gasteiger partial charge in [-0.1, -0.05) is 26.2 Å². The number of hydrogen-bond donors (Lipinski definition) is 1. The molecule has 0 aliphatic heterocycles. The van der Waals surface area contributed by atoms with Gasteiger partial charge in [-0.05, 0) is 25.7 Å². The van der Waals surface area contributed by atoms with E-state index in [1.807, 2.05) is 6.92 Å². The van der Waals surface area contributed by atoms with Crippen molar-refractivity contribution in [1.29, 1.82) is 0 Å². The van der Waals surface area contributed by atoms with Crippen LogP contribution in [0.15, 0.2) is 0 Å². The highest BCUT2D eigenvalue weighted by Crippen LogP contribution is 2.39. The smallest absolute Gasteiger partial charge is 0.309 e. The molecule has 1 N–H and O–H groups in total. The summed E-state index contributed by atoms with van der Waals surface area (Å²) in [5, 5.41) is 9.09. The SMILES string of the molecule is CC1CCCCCC1(C)C(=O)O. The Labute approximate surface area is 74.0 Å². The second-order valence-electron chi connectivity index (χ2n) is 4.22. The van der Waals surface area contributed by atoms with Crippen LogP contribution < -0.4 is 0 Å². The first-order chi connectivity index (χ1) is 5.57. The number of aliphatic carboxylic acids is 1. The monoisotopic (exact) mass is 170 g/mol. The van der Waals surface area contributed by atoms with E-state index in [1.165, 1.54) is 12.8 Å². The van der Waals surface area contributed by atoms with Gasteiger partial charge in [0, 0.05) is 0 Å². The minimum absolute atomic E-state index is 0.331. The van der Waals surface area contributed by atoms with Crippen LogP contribution in [-0.2, 0) is 4.79 Å². The minimum atomic E-state index is -0.614. The van der Waals surface area contributed by atoms with Crippen LogP contribution in [0.4, 0.5) is 0 Å². The summed E-state index contributed by atoms with van der Waals surface area (Å²) in [7, 11) is 0. The molecule has 0 heterocycles. The van der Waals surface area contributed by atoms with Gasteiger partial charge in [0.25, 0.3) is 0 Å². The highest BCUT2D eigenvalue weighted by Gasteiger charge is 2.39. The molecule has 1 fully saturated rings. The summed E-state index contributed by atoms with van der Waals surface area (Å²) in [6, 6.07) is 0. The standard InChI is InChI=1S/C10H18O2/c1-8-6-4-3-5-7-10(8,2)9(11)12/h8H,3-7H2,1-2H3,(H,11,12). The van der Waals surface area contributed by atoms with E-state index in [4.69, 9.17) is 5.11 Å². The number of hydrogen-bond acceptors (Lipinski definition) is 1. The van der Waals surface area contributed by atoms with Gasteiger partial charge in [0.1, 0.15) is 0 Å². The number of rotatable bonds is 1. The second kappa shape index (κ2) is 3.46. The van der Waals surface area contributed by atoms with Crippen molar-refractivity contribution in [3.8, 4) is 0 Å². The molecule has 0 bridgehead atoms. The molecule has 0 amide bonds. The third-order valence-electron chi connectivity index (χ3n) is 3.41. The quantitative estimate of drug-likeness (QED) is 0.614. The van der Waals surface area contributed by atoms with Crippen molar-refractivity contribution >= 4 is 5.97 Å². The zero-order valence-electron chi connectivity index (χ0n) is 7.97. The van der Waals surface area contributed by atoms with Crippen LogP contribution in [0.5, 0.6) is 0 Å². The van der Waals surface area contributed by atoms with Crippen molar-refractivity contribution in [2.45, 2.75) is 46.0 Å². The lowest BCUT2D eigenvalue weighted by Gasteiger charge is -2.29. The summed E-state index contributed by atoms with van der Waals surface area (Å²) < 4.78 is 0. The average molecular weight is 170 g/mol. The van der Waals surface area contributed by atoms with Crippen LogP contribution >= 0.6 is 0 Å². The first-order valence-electron chi connectivity index (χ1n) is 4.81. The lowest BCUT2D eigenvalue weighted by molar-refractivity contribution is -0.151. The van der Waals surface area contributed by atoms with Crippen LogP contribution in [-0.4, -0.2) is 11.1 Å². The van der Waals surface area contributed by atoms with Gasteiger partial charge in [-0.25, -0.2) is 0 Å². The van der Waals surface area contributed by atoms with Crippen molar-refractivity contribution in [2.75, 3.05) is 0 Å². The Morgan fingerprint density at radius 1 is 1.42 bits per heavy atom. The van der Waals surface area contributed by atoms with E-state index in [0.29, 0.717) is 5.92 Å². The largest absolute Gasteiger partial charge is 0.481 e. The molecular formula is C10H18O2. The third kappa shape index (κ3) is 1.62. The topological polar surface area (TPSA) is 37.3 Å². The molecule has 0 saturated heterocycles. The molecule has 0 aromatic carbocycles. The van der Waals surface area contributed by atoms with Gasteiger partial charge in [-0.15, -0.1) is 0 Å². The molecule has 0 aromatic heterocycles. The highest BCUT2D eigenvalue weighted by molar-refractivity contribution is 5.74. The molecule has 0 aromatic rings. The van der Waals surface area contributed by atoms with Crippen molar-refractivity contribution in [2.24, 2.45) is 11.3 Å². The number of carboxylic acids is 1. The van der Waals surface area contributed by atoms with E-state index in [9.17, 15) is 4.79 Å². The van der Waals surface area contributed by atoms with Crippen LogP contribution in [0.2, 0.25) is 0 Å². The first kappa shape index (κ1) is 9.56. The van der Waals surface area contributed by atoms with Gasteiger partial charge in [0.2, 0.25) is 0 Å². The molecule has 70 valence electrons. The summed E-state index contributed by atoms with van der Waals surface area (Å²) >= 11 is 0.